The van der Waals surface area contributed by atoms with Crippen LogP contribution >= 0.6 is 22.6 Å². The molecular formula is C21H14F5IN2O5. The lowest BCUT2D eigenvalue weighted by molar-refractivity contribution is -0.142. The highest BCUT2D eigenvalue weighted by atomic mass is 127. The number of methoxy groups -OCH3 is 2. The van der Waals surface area contributed by atoms with E-state index in [4.69, 9.17) is 9.47 Å². The van der Waals surface area contributed by atoms with Gasteiger partial charge in [0.25, 0.3) is 5.91 Å². The predicted molar refractivity (Wildman–Crippen MR) is 118 cm³/mol. The molecule has 1 aliphatic rings. The molecule has 1 amide bonds. The molecule has 0 N–H and O–H groups in total. The van der Waals surface area contributed by atoms with Crippen LogP contribution in [0.5, 0.6) is 11.5 Å². The van der Waals surface area contributed by atoms with Crippen LogP contribution in [0.2, 0.25) is 0 Å². The first-order valence-electron chi connectivity index (χ1n) is 9.22. The number of benzene rings is 2. The van der Waals surface area contributed by atoms with Crippen molar-refractivity contribution in [3.63, 3.8) is 0 Å². The Bertz CT molecular complexity index is 1240. The Kier molecular flexibility index (Phi) is 7.43. The summed E-state index contributed by atoms with van der Waals surface area (Å²) in [6.07, 6.45) is 1.29. The third-order valence-electron chi connectivity index (χ3n) is 4.59. The highest BCUT2D eigenvalue weighted by Crippen LogP contribution is 2.37. The molecule has 180 valence electrons. The molecule has 1 heterocycles. The van der Waals surface area contributed by atoms with Gasteiger partial charge in [0.15, 0.2) is 41.4 Å². The Morgan fingerprint density at radius 1 is 1.06 bits per heavy atom. The number of rotatable bonds is 6. The van der Waals surface area contributed by atoms with E-state index in [0.29, 0.717) is 9.13 Å². The Labute approximate surface area is 202 Å². The number of hydrogen-bond donors (Lipinski definition) is 0. The van der Waals surface area contributed by atoms with Crippen LogP contribution in [0.15, 0.2) is 22.8 Å². The number of halogens is 6. The first kappa shape index (κ1) is 25.4. The maximum Gasteiger partial charge on any atom is 0.343 e. The monoisotopic (exact) mass is 596 g/mol. The minimum atomic E-state index is -2.35. The lowest BCUT2D eigenvalue weighted by atomic mass is 10.1. The van der Waals surface area contributed by atoms with Gasteiger partial charge < -0.3 is 14.2 Å². The third kappa shape index (κ3) is 4.56. The second kappa shape index (κ2) is 9.95. The van der Waals surface area contributed by atoms with Gasteiger partial charge in [-0.05, 0) is 53.3 Å². The van der Waals surface area contributed by atoms with E-state index in [2.05, 4.69) is 9.84 Å². The van der Waals surface area contributed by atoms with Crippen molar-refractivity contribution < 1.29 is 45.8 Å². The average Bonchev–Trinajstić information content (AvgIpc) is 3.08. The van der Waals surface area contributed by atoms with E-state index in [9.17, 15) is 31.5 Å². The molecule has 1 aliphatic heterocycles. The highest BCUT2D eigenvalue weighted by Gasteiger charge is 2.37. The number of hydrazone groups is 1. The number of amides is 1. The van der Waals surface area contributed by atoms with Crippen molar-refractivity contribution in [2.45, 2.75) is 6.92 Å². The summed E-state index contributed by atoms with van der Waals surface area (Å²) in [6.45, 7) is 0.941. The quantitative estimate of drug-likeness (QED) is 0.124. The molecule has 0 bridgehead atoms. The summed E-state index contributed by atoms with van der Waals surface area (Å²) >= 11 is 1.89. The van der Waals surface area contributed by atoms with E-state index in [1.54, 1.807) is 6.07 Å². The van der Waals surface area contributed by atoms with Crippen molar-refractivity contribution in [2.75, 3.05) is 25.8 Å². The van der Waals surface area contributed by atoms with Gasteiger partial charge >= 0.3 is 5.97 Å². The second-order valence-electron chi connectivity index (χ2n) is 6.68. The number of ether oxygens (including phenoxy) is 3. The summed E-state index contributed by atoms with van der Waals surface area (Å²) in [5.41, 5.74) is -1.31. The highest BCUT2D eigenvalue weighted by molar-refractivity contribution is 14.1. The SMILES string of the molecule is COC(=O)COc1c(I)cc(/C=C2/C(=O)N(c3c(F)c(F)c(F)c(F)c3F)N=C2C)cc1OC. The fourth-order valence-corrected chi connectivity index (χ4v) is 3.72. The Hall–Kier alpha value is -3.23. The van der Waals surface area contributed by atoms with E-state index in [1.165, 1.54) is 33.3 Å². The van der Waals surface area contributed by atoms with Gasteiger partial charge in [-0.2, -0.15) is 10.1 Å². The van der Waals surface area contributed by atoms with Gasteiger partial charge in [-0.25, -0.2) is 26.7 Å². The van der Waals surface area contributed by atoms with Crippen LogP contribution < -0.4 is 14.5 Å². The molecule has 0 unspecified atom stereocenters. The molecule has 2 aromatic carbocycles. The number of carbonyl (C=O) groups is 2. The van der Waals surface area contributed by atoms with Crippen LogP contribution in [0.4, 0.5) is 27.6 Å². The first-order chi connectivity index (χ1) is 16.0. The standard InChI is InChI=1S/C21H14F5IN2O5/c1-8-10(4-9-5-11(27)20(12(6-9)32-2)34-7-13(30)33-3)21(31)29(28-8)19-17(25)15(23)14(22)16(24)18(19)26/h4-6H,7H2,1-3H3/b10-4+. The maximum atomic E-state index is 14.2. The van der Waals surface area contributed by atoms with E-state index in [-0.39, 0.29) is 34.4 Å². The number of carbonyl (C=O) groups excluding carboxylic acids is 2. The van der Waals surface area contributed by atoms with Crippen molar-refractivity contribution >= 4 is 51.9 Å². The lowest BCUT2D eigenvalue weighted by Crippen LogP contribution is -2.25. The van der Waals surface area contributed by atoms with Crippen LogP contribution in [0, 0.1) is 32.7 Å². The first-order valence-corrected chi connectivity index (χ1v) is 10.3. The molecule has 0 aromatic heterocycles. The summed E-state index contributed by atoms with van der Waals surface area (Å²) in [5.74, 6) is -12.4. The number of nitrogens with zero attached hydrogens (tertiary/aromatic N) is 2. The molecule has 3 rings (SSSR count). The molecule has 34 heavy (non-hydrogen) atoms. The van der Waals surface area contributed by atoms with E-state index in [0.717, 1.165) is 0 Å². The number of esters is 1. The van der Waals surface area contributed by atoms with Gasteiger partial charge in [-0.3, -0.25) is 4.79 Å². The molecule has 0 radical (unpaired) electrons. The van der Waals surface area contributed by atoms with Crippen LogP contribution in [-0.4, -0.2) is 38.4 Å². The Morgan fingerprint density at radius 2 is 1.65 bits per heavy atom. The van der Waals surface area contributed by atoms with Crippen molar-refractivity contribution in [3.8, 4) is 11.5 Å². The lowest BCUT2D eigenvalue weighted by Gasteiger charge is -2.15. The van der Waals surface area contributed by atoms with Gasteiger partial charge in [0.1, 0.15) is 5.69 Å². The smallest absolute Gasteiger partial charge is 0.343 e. The molecule has 0 fully saturated rings. The van der Waals surface area contributed by atoms with Crippen molar-refractivity contribution in [2.24, 2.45) is 5.10 Å². The molecule has 13 heteroatoms. The molecule has 0 saturated heterocycles. The van der Waals surface area contributed by atoms with Crippen molar-refractivity contribution in [1.29, 1.82) is 0 Å². The third-order valence-corrected chi connectivity index (χ3v) is 5.39. The van der Waals surface area contributed by atoms with E-state index >= 15 is 0 Å². The molecule has 7 nitrogen and oxygen atoms in total. The van der Waals surface area contributed by atoms with Gasteiger partial charge in [0.05, 0.1) is 29.1 Å². The molecule has 0 spiro atoms. The minimum absolute atomic E-state index is 0.0334. The Balaban J connectivity index is 2.00. The fraction of sp³-hybridized carbons (Fsp3) is 0.190. The van der Waals surface area contributed by atoms with Gasteiger partial charge in [0, 0.05) is 0 Å². The zero-order valence-electron chi connectivity index (χ0n) is 17.6. The van der Waals surface area contributed by atoms with Crippen molar-refractivity contribution in [3.05, 3.63) is 55.9 Å². The van der Waals surface area contributed by atoms with Crippen LogP contribution in [0.1, 0.15) is 12.5 Å². The zero-order chi connectivity index (χ0) is 25.3. The van der Waals surface area contributed by atoms with Gasteiger partial charge in [-0.15, -0.1) is 0 Å². The number of hydrogen-bond acceptors (Lipinski definition) is 6. The second-order valence-corrected chi connectivity index (χ2v) is 7.84. The van der Waals surface area contributed by atoms with Gasteiger partial charge in [-0.1, -0.05) is 0 Å². The zero-order valence-corrected chi connectivity index (χ0v) is 19.8. The summed E-state index contributed by atoms with van der Waals surface area (Å²) in [6, 6.07) is 2.99. The normalized spacial score (nSPS) is 14.5. The number of anilines is 1. The topological polar surface area (TPSA) is 77.4 Å². The van der Waals surface area contributed by atoms with Crippen LogP contribution in [0.25, 0.3) is 6.08 Å². The predicted octanol–water partition coefficient (Wildman–Crippen LogP) is 4.35. The Morgan fingerprint density at radius 3 is 2.21 bits per heavy atom. The van der Waals surface area contributed by atoms with E-state index in [1.807, 2.05) is 22.6 Å². The molecular weight excluding hydrogens is 582 g/mol. The molecule has 0 atom stereocenters. The van der Waals surface area contributed by atoms with Gasteiger partial charge in [0.2, 0.25) is 5.82 Å². The largest absolute Gasteiger partial charge is 0.493 e. The molecule has 0 saturated carbocycles. The summed E-state index contributed by atoms with van der Waals surface area (Å²) < 4.78 is 84.6. The molecule has 2 aromatic rings. The molecule has 0 aliphatic carbocycles. The summed E-state index contributed by atoms with van der Waals surface area (Å²) in [7, 11) is 2.53. The van der Waals surface area contributed by atoms with E-state index < -0.39 is 46.6 Å². The summed E-state index contributed by atoms with van der Waals surface area (Å²) in [5, 5.41) is 3.80. The fourth-order valence-electron chi connectivity index (χ4n) is 2.94. The maximum absolute atomic E-state index is 14.2. The summed E-state index contributed by atoms with van der Waals surface area (Å²) in [4.78, 5) is 24.2. The van der Waals surface area contributed by atoms with Crippen LogP contribution in [-0.2, 0) is 14.3 Å². The average molecular weight is 596 g/mol. The van der Waals surface area contributed by atoms with Crippen LogP contribution in [0.3, 0.4) is 0 Å². The van der Waals surface area contributed by atoms with Crippen molar-refractivity contribution in [1.82, 2.24) is 0 Å². The minimum Gasteiger partial charge on any atom is -0.493 e.